The summed E-state index contributed by atoms with van der Waals surface area (Å²) >= 11 is 0. The second-order valence-corrected chi connectivity index (χ2v) is 5.44. The number of carbonyl (C=O) groups is 1. The number of hydrogen-bond donors (Lipinski definition) is 1. The lowest BCUT2D eigenvalue weighted by Crippen LogP contribution is -2.30. The molecule has 0 saturated carbocycles. The number of carbonyl (C=O) groups excluding carboxylic acids is 1. The lowest BCUT2D eigenvalue weighted by Gasteiger charge is -2.11. The molecule has 2 aromatic carbocycles. The number of benzene rings is 2. The normalized spacial score (nSPS) is 10.2. The fourth-order valence-electron chi connectivity index (χ4n) is 2.25. The Morgan fingerprint density at radius 2 is 1.91 bits per heavy atom. The summed E-state index contributed by atoms with van der Waals surface area (Å²) in [5.74, 6) is 1.47. The minimum atomic E-state index is -0.117. The number of rotatable bonds is 7. The number of hydrogen-bond acceptors (Lipinski definition) is 3. The first-order chi connectivity index (χ1) is 11.1. The van der Waals surface area contributed by atoms with E-state index in [1.807, 2.05) is 56.3 Å². The molecule has 0 saturated heterocycles. The quantitative estimate of drug-likeness (QED) is 0.854. The smallest absolute Gasteiger partial charge is 0.257 e. The zero-order valence-electron chi connectivity index (χ0n) is 13.9. The molecule has 0 aliphatic heterocycles. The molecule has 0 fully saturated rings. The summed E-state index contributed by atoms with van der Waals surface area (Å²) in [5.41, 5.74) is 3.35. The molecule has 0 atom stereocenters. The van der Waals surface area contributed by atoms with E-state index in [0.29, 0.717) is 6.54 Å². The van der Waals surface area contributed by atoms with E-state index in [-0.39, 0.29) is 12.5 Å². The van der Waals surface area contributed by atoms with Crippen molar-refractivity contribution in [2.24, 2.45) is 0 Å². The van der Waals surface area contributed by atoms with E-state index < -0.39 is 0 Å². The fourth-order valence-corrected chi connectivity index (χ4v) is 2.25. The molecule has 4 nitrogen and oxygen atoms in total. The van der Waals surface area contributed by atoms with Crippen molar-refractivity contribution in [3.63, 3.8) is 0 Å². The van der Waals surface area contributed by atoms with Crippen LogP contribution in [-0.2, 0) is 11.2 Å². The fraction of sp³-hybridized carbons (Fsp3) is 0.316. The second kappa shape index (κ2) is 8.22. The van der Waals surface area contributed by atoms with Crippen LogP contribution >= 0.6 is 0 Å². The van der Waals surface area contributed by atoms with Gasteiger partial charge in [0.25, 0.3) is 5.91 Å². The number of amides is 1. The van der Waals surface area contributed by atoms with E-state index >= 15 is 0 Å². The number of aryl methyl sites for hydroxylation is 1. The van der Waals surface area contributed by atoms with Gasteiger partial charge < -0.3 is 14.8 Å². The van der Waals surface area contributed by atoms with Crippen molar-refractivity contribution in [3.8, 4) is 11.5 Å². The SMILES string of the molecule is COc1cccc(CCNC(=O)COc2cccc(C)c2C)c1. The van der Waals surface area contributed by atoms with Crippen LogP contribution in [0.2, 0.25) is 0 Å². The molecule has 23 heavy (non-hydrogen) atoms. The zero-order valence-corrected chi connectivity index (χ0v) is 13.9. The molecule has 0 unspecified atom stereocenters. The summed E-state index contributed by atoms with van der Waals surface area (Å²) in [6, 6.07) is 13.7. The van der Waals surface area contributed by atoms with E-state index in [1.165, 1.54) is 0 Å². The molecule has 0 bridgehead atoms. The Labute approximate surface area is 137 Å². The summed E-state index contributed by atoms with van der Waals surface area (Å²) in [4.78, 5) is 11.9. The molecule has 0 aromatic heterocycles. The average Bonchev–Trinajstić information content (AvgIpc) is 2.56. The molecular formula is C19H23NO3. The van der Waals surface area contributed by atoms with Crippen molar-refractivity contribution in [1.82, 2.24) is 5.32 Å². The third kappa shape index (κ3) is 5.02. The molecule has 2 rings (SSSR count). The molecule has 0 aliphatic rings. The van der Waals surface area contributed by atoms with Gasteiger partial charge in [-0.2, -0.15) is 0 Å². The van der Waals surface area contributed by atoms with Crippen molar-refractivity contribution in [1.29, 1.82) is 0 Å². The summed E-state index contributed by atoms with van der Waals surface area (Å²) in [6.45, 7) is 4.62. The minimum Gasteiger partial charge on any atom is -0.497 e. The topological polar surface area (TPSA) is 47.6 Å². The van der Waals surface area contributed by atoms with Crippen LogP contribution in [0.5, 0.6) is 11.5 Å². The van der Waals surface area contributed by atoms with Gasteiger partial charge in [-0.1, -0.05) is 24.3 Å². The number of methoxy groups -OCH3 is 1. The lowest BCUT2D eigenvalue weighted by molar-refractivity contribution is -0.123. The minimum absolute atomic E-state index is 0.0302. The third-order valence-corrected chi connectivity index (χ3v) is 3.78. The monoisotopic (exact) mass is 313 g/mol. The van der Waals surface area contributed by atoms with Gasteiger partial charge in [-0.3, -0.25) is 4.79 Å². The molecule has 0 radical (unpaired) electrons. The number of ether oxygens (including phenoxy) is 2. The standard InChI is InChI=1S/C19H23NO3/c1-14-6-4-9-18(15(14)2)23-13-19(21)20-11-10-16-7-5-8-17(12-16)22-3/h4-9,12H,10-11,13H2,1-3H3,(H,20,21). The highest BCUT2D eigenvalue weighted by Crippen LogP contribution is 2.20. The molecule has 0 heterocycles. The maximum absolute atomic E-state index is 11.9. The van der Waals surface area contributed by atoms with E-state index in [2.05, 4.69) is 5.32 Å². The van der Waals surface area contributed by atoms with Gasteiger partial charge in [0.2, 0.25) is 0 Å². The van der Waals surface area contributed by atoms with Crippen LogP contribution in [-0.4, -0.2) is 26.2 Å². The Balaban J connectivity index is 1.76. The first-order valence-electron chi connectivity index (χ1n) is 7.69. The van der Waals surface area contributed by atoms with Gasteiger partial charge in [-0.25, -0.2) is 0 Å². The van der Waals surface area contributed by atoms with Gasteiger partial charge in [0.05, 0.1) is 7.11 Å². The summed E-state index contributed by atoms with van der Waals surface area (Å²) in [6.07, 6.45) is 0.756. The Bertz CT molecular complexity index is 667. The van der Waals surface area contributed by atoms with Crippen LogP contribution in [0.25, 0.3) is 0 Å². The van der Waals surface area contributed by atoms with Crippen molar-refractivity contribution in [2.45, 2.75) is 20.3 Å². The first-order valence-corrected chi connectivity index (χ1v) is 7.69. The second-order valence-electron chi connectivity index (χ2n) is 5.44. The van der Waals surface area contributed by atoms with Gasteiger partial charge in [0.15, 0.2) is 6.61 Å². The Kier molecular flexibility index (Phi) is 6.03. The Hall–Kier alpha value is -2.49. The van der Waals surface area contributed by atoms with Crippen molar-refractivity contribution < 1.29 is 14.3 Å². The van der Waals surface area contributed by atoms with Crippen LogP contribution < -0.4 is 14.8 Å². The van der Waals surface area contributed by atoms with Gasteiger partial charge in [-0.15, -0.1) is 0 Å². The largest absolute Gasteiger partial charge is 0.497 e. The van der Waals surface area contributed by atoms with Gasteiger partial charge in [0.1, 0.15) is 11.5 Å². The van der Waals surface area contributed by atoms with Crippen LogP contribution in [0.1, 0.15) is 16.7 Å². The number of nitrogens with one attached hydrogen (secondary N) is 1. The van der Waals surface area contributed by atoms with Gasteiger partial charge >= 0.3 is 0 Å². The third-order valence-electron chi connectivity index (χ3n) is 3.78. The molecule has 4 heteroatoms. The van der Waals surface area contributed by atoms with E-state index in [4.69, 9.17) is 9.47 Å². The Morgan fingerprint density at radius 3 is 2.70 bits per heavy atom. The maximum Gasteiger partial charge on any atom is 0.257 e. The maximum atomic E-state index is 11.9. The molecule has 1 N–H and O–H groups in total. The summed E-state index contributed by atoms with van der Waals surface area (Å²) in [7, 11) is 1.64. The van der Waals surface area contributed by atoms with Crippen LogP contribution in [0.15, 0.2) is 42.5 Å². The van der Waals surface area contributed by atoms with Crippen LogP contribution in [0.4, 0.5) is 0 Å². The van der Waals surface area contributed by atoms with E-state index in [1.54, 1.807) is 7.11 Å². The highest BCUT2D eigenvalue weighted by molar-refractivity contribution is 5.77. The van der Waals surface area contributed by atoms with Crippen LogP contribution in [0, 0.1) is 13.8 Å². The van der Waals surface area contributed by atoms with Crippen LogP contribution in [0.3, 0.4) is 0 Å². The summed E-state index contributed by atoms with van der Waals surface area (Å²) < 4.78 is 10.8. The molecule has 122 valence electrons. The van der Waals surface area contributed by atoms with Crippen molar-refractivity contribution in [2.75, 3.05) is 20.3 Å². The summed E-state index contributed by atoms with van der Waals surface area (Å²) in [5, 5.41) is 2.87. The highest BCUT2D eigenvalue weighted by atomic mass is 16.5. The van der Waals surface area contributed by atoms with E-state index in [9.17, 15) is 4.79 Å². The highest BCUT2D eigenvalue weighted by Gasteiger charge is 2.06. The van der Waals surface area contributed by atoms with E-state index in [0.717, 1.165) is 34.6 Å². The molecule has 2 aromatic rings. The molecule has 1 amide bonds. The molecule has 0 aliphatic carbocycles. The average molecular weight is 313 g/mol. The Morgan fingerprint density at radius 1 is 1.13 bits per heavy atom. The predicted molar refractivity (Wildman–Crippen MR) is 91.1 cm³/mol. The zero-order chi connectivity index (χ0) is 16.7. The van der Waals surface area contributed by atoms with Gasteiger partial charge in [0, 0.05) is 6.54 Å². The lowest BCUT2D eigenvalue weighted by atomic mass is 10.1. The molecular weight excluding hydrogens is 290 g/mol. The van der Waals surface area contributed by atoms with Crippen molar-refractivity contribution in [3.05, 3.63) is 59.2 Å². The molecule has 0 spiro atoms. The van der Waals surface area contributed by atoms with Crippen molar-refractivity contribution >= 4 is 5.91 Å². The van der Waals surface area contributed by atoms with Gasteiger partial charge in [-0.05, 0) is 55.2 Å². The first kappa shape index (κ1) is 16.9. The predicted octanol–water partition coefficient (Wildman–Crippen LogP) is 3.05.